The first-order valence-corrected chi connectivity index (χ1v) is 22.2. The van der Waals surface area contributed by atoms with E-state index in [-0.39, 0.29) is 47.1 Å². The van der Waals surface area contributed by atoms with E-state index in [1.807, 2.05) is 37.0 Å². The van der Waals surface area contributed by atoms with E-state index in [9.17, 15) is 9.59 Å². The lowest BCUT2D eigenvalue weighted by molar-refractivity contribution is -0.115. The number of aromatic nitrogens is 4. The third kappa shape index (κ3) is 9.60. The first-order chi connectivity index (χ1) is 26.1. The Morgan fingerprint density at radius 1 is 0.891 bits per heavy atom. The van der Waals surface area contributed by atoms with Crippen molar-refractivity contribution in [3.8, 4) is 0 Å². The number of carbonyl (C=O) groups excluding carboxylic acids is 2. The molecule has 55 heavy (non-hydrogen) atoms. The summed E-state index contributed by atoms with van der Waals surface area (Å²) in [6.45, 7) is 17.8. The second-order valence-corrected chi connectivity index (χ2v) is 22.4. The van der Waals surface area contributed by atoms with Gasteiger partial charge in [0.05, 0.1) is 29.9 Å². The molecule has 2 aromatic carbocycles. The highest BCUT2D eigenvalue weighted by molar-refractivity contribution is 6.99. The van der Waals surface area contributed by atoms with Crippen LogP contribution in [0.3, 0.4) is 0 Å². The van der Waals surface area contributed by atoms with Crippen LogP contribution in [0.4, 0.5) is 10.6 Å². The molecule has 0 unspecified atom stereocenters. The summed E-state index contributed by atoms with van der Waals surface area (Å²) in [5.41, 5.74) is 1.48. The normalized spacial score (nSPS) is 20.7. The maximum absolute atomic E-state index is 13.4. The summed E-state index contributed by atoms with van der Waals surface area (Å²) >= 11 is 0. The predicted octanol–water partition coefficient (Wildman–Crippen LogP) is 8.09. The van der Waals surface area contributed by atoms with Crippen LogP contribution >= 0.6 is 0 Å². The minimum atomic E-state index is -2.57. The van der Waals surface area contributed by atoms with Crippen LogP contribution in [-0.2, 0) is 25.9 Å². The highest BCUT2D eigenvalue weighted by atomic mass is 28.4. The summed E-state index contributed by atoms with van der Waals surface area (Å²) in [6, 6.07) is 24.1. The second-order valence-electron chi connectivity index (χ2n) is 18.1. The number of hydrogen-bond donors (Lipinski definition) is 2. The van der Waals surface area contributed by atoms with Crippen LogP contribution in [0.2, 0.25) is 5.04 Å². The molecule has 4 aromatic rings. The molecule has 0 spiro atoms. The van der Waals surface area contributed by atoms with Crippen molar-refractivity contribution in [2.24, 2.45) is 5.92 Å². The minimum absolute atomic E-state index is 0.0288. The molecule has 2 atom stereocenters. The number of benzene rings is 2. The van der Waals surface area contributed by atoms with Crippen LogP contribution in [-0.4, -0.2) is 58.6 Å². The zero-order valence-electron chi connectivity index (χ0n) is 34.2. The van der Waals surface area contributed by atoms with Gasteiger partial charge in [-0.2, -0.15) is 10.2 Å². The summed E-state index contributed by atoms with van der Waals surface area (Å²) in [7, 11) is -2.57. The maximum Gasteiger partial charge on any atom is 0.407 e. The fourth-order valence-electron chi connectivity index (χ4n) is 8.56. The number of hydrogen-bond acceptors (Lipinski definition) is 6. The van der Waals surface area contributed by atoms with Crippen molar-refractivity contribution in [2.45, 2.75) is 141 Å². The van der Waals surface area contributed by atoms with Gasteiger partial charge in [0.1, 0.15) is 11.9 Å². The van der Waals surface area contributed by atoms with Crippen molar-refractivity contribution in [1.82, 2.24) is 24.9 Å². The predicted molar refractivity (Wildman–Crippen MR) is 221 cm³/mol. The summed E-state index contributed by atoms with van der Waals surface area (Å²) < 4.78 is 16.9. The number of amides is 2. The Morgan fingerprint density at radius 3 is 2.11 bits per heavy atom. The minimum Gasteiger partial charge on any atom is -0.446 e. The van der Waals surface area contributed by atoms with Crippen LogP contribution in [0.1, 0.15) is 124 Å². The van der Waals surface area contributed by atoms with Gasteiger partial charge in [0, 0.05) is 30.8 Å². The number of alkyl carbamates (subject to hydrolysis) is 1. The molecule has 0 aliphatic heterocycles. The highest BCUT2D eigenvalue weighted by Gasteiger charge is 2.50. The molecule has 2 N–H and O–H groups in total. The summed E-state index contributed by atoms with van der Waals surface area (Å²) in [5, 5.41) is 18.2. The molecule has 6 rings (SSSR count). The van der Waals surface area contributed by atoms with Crippen LogP contribution < -0.4 is 21.0 Å². The molecule has 2 fully saturated rings. The molecular formula is C44H62N6O4Si. The number of ether oxygens (including phenoxy) is 1. The Balaban J connectivity index is 1.04. The molecule has 2 amide bonds. The van der Waals surface area contributed by atoms with Gasteiger partial charge in [0.2, 0.25) is 5.91 Å². The van der Waals surface area contributed by atoms with E-state index in [2.05, 4.69) is 118 Å². The molecule has 2 aliphatic carbocycles. The smallest absolute Gasteiger partial charge is 0.407 e. The third-order valence-electron chi connectivity index (χ3n) is 11.3. The fourth-order valence-corrected chi connectivity index (χ4v) is 13.2. The zero-order valence-corrected chi connectivity index (χ0v) is 35.2. The van der Waals surface area contributed by atoms with Gasteiger partial charge in [-0.15, -0.1) is 0 Å². The standard InChI is InChI=1S/C44H62N6O4Si/c1-31(2)46-42(52)54-36-24-21-34(26-36)39-27-40(50(48-39)43(3,4)5)47-41(51)25-33-28-45-49(29-33)35-22-19-32(20-23-35)30-53-55(44(6,7)8,37-15-11-9-12-16-37)38-17-13-10-14-18-38/h9-18,27-29,31-32,34-36H,19-26,30H2,1-8H3,(H,46,52)(H,47,51)/t32?,34-,35?,36+/m0/s1. The van der Waals surface area contributed by atoms with E-state index in [0.29, 0.717) is 17.8 Å². The average molecular weight is 767 g/mol. The van der Waals surface area contributed by atoms with E-state index in [1.54, 1.807) is 0 Å². The molecule has 2 aliphatic rings. The van der Waals surface area contributed by atoms with Crippen LogP contribution in [0, 0.1) is 5.92 Å². The SMILES string of the molecule is CC(C)NC(=O)O[C@@H]1CC[C@H](c2cc(NC(=O)Cc3cnn(C4CCC(CO[Si](c5ccccc5)(c5ccccc5)C(C)(C)C)CC4)c3)n(C(C)(C)C)n2)C1. The van der Waals surface area contributed by atoms with Crippen LogP contribution in [0.25, 0.3) is 0 Å². The average Bonchev–Trinajstić information content (AvgIpc) is 3.89. The van der Waals surface area contributed by atoms with Crippen molar-refractivity contribution in [3.63, 3.8) is 0 Å². The van der Waals surface area contributed by atoms with Crippen molar-refractivity contribution in [1.29, 1.82) is 0 Å². The molecule has 0 bridgehead atoms. The molecular weight excluding hydrogens is 705 g/mol. The van der Waals surface area contributed by atoms with Crippen LogP contribution in [0.5, 0.6) is 0 Å². The second kappa shape index (κ2) is 16.9. The molecule has 0 radical (unpaired) electrons. The molecule has 2 aromatic heterocycles. The summed E-state index contributed by atoms with van der Waals surface area (Å²) in [4.78, 5) is 25.6. The highest BCUT2D eigenvalue weighted by Crippen LogP contribution is 2.40. The first kappa shape index (κ1) is 40.4. The summed E-state index contributed by atoms with van der Waals surface area (Å²) in [5.74, 6) is 1.23. The lowest BCUT2D eigenvalue weighted by Gasteiger charge is -2.44. The lowest BCUT2D eigenvalue weighted by Crippen LogP contribution is -2.66. The van der Waals surface area contributed by atoms with Crippen molar-refractivity contribution in [3.05, 3.63) is 90.4 Å². The fraction of sp³-hybridized carbons (Fsp3) is 0.545. The Hall–Kier alpha value is -4.22. The van der Waals surface area contributed by atoms with Gasteiger partial charge in [-0.3, -0.25) is 9.48 Å². The zero-order chi connectivity index (χ0) is 39.4. The van der Waals surface area contributed by atoms with Gasteiger partial charge >= 0.3 is 6.09 Å². The quantitative estimate of drug-likeness (QED) is 0.141. The maximum atomic E-state index is 13.4. The monoisotopic (exact) mass is 766 g/mol. The van der Waals surface area contributed by atoms with Crippen molar-refractivity contribution in [2.75, 3.05) is 11.9 Å². The molecule has 296 valence electrons. The molecule has 11 heteroatoms. The van der Waals surface area contributed by atoms with E-state index in [4.69, 9.17) is 19.4 Å². The third-order valence-corrected chi connectivity index (χ3v) is 16.3. The van der Waals surface area contributed by atoms with Gasteiger partial charge < -0.3 is 19.8 Å². The van der Waals surface area contributed by atoms with E-state index >= 15 is 0 Å². The molecule has 10 nitrogen and oxygen atoms in total. The van der Waals surface area contributed by atoms with Gasteiger partial charge in [0.25, 0.3) is 8.32 Å². The molecule has 2 heterocycles. The Labute approximate surface area is 328 Å². The van der Waals surface area contributed by atoms with E-state index in [1.165, 1.54) is 10.4 Å². The lowest BCUT2D eigenvalue weighted by atomic mass is 9.87. The van der Waals surface area contributed by atoms with Gasteiger partial charge in [0.15, 0.2) is 0 Å². The Kier molecular flexibility index (Phi) is 12.4. The van der Waals surface area contributed by atoms with E-state index < -0.39 is 8.32 Å². The molecule has 0 saturated heterocycles. The first-order valence-electron chi connectivity index (χ1n) is 20.3. The number of nitrogens with one attached hydrogen (secondary N) is 2. The van der Waals surface area contributed by atoms with Gasteiger partial charge in [-0.25, -0.2) is 9.48 Å². The summed E-state index contributed by atoms with van der Waals surface area (Å²) in [6.07, 6.45) is 10.2. The molecule has 2 saturated carbocycles. The number of carbonyl (C=O) groups is 2. The Bertz CT molecular complexity index is 1830. The van der Waals surface area contributed by atoms with Gasteiger partial charge in [-0.1, -0.05) is 81.4 Å². The topological polar surface area (TPSA) is 112 Å². The van der Waals surface area contributed by atoms with Crippen molar-refractivity contribution >= 4 is 36.5 Å². The van der Waals surface area contributed by atoms with Gasteiger partial charge in [-0.05, 0) is 106 Å². The number of anilines is 1. The number of rotatable bonds is 12. The van der Waals surface area contributed by atoms with Crippen molar-refractivity contribution < 1.29 is 18.8 Å². The van der Waals surface area contributed by atoms with E-state index in [0.717, 1.165) is 62.8 Å². The Morgan fingerprint density at radius 2 is 1.53 bits per heavy atom. The largest absolute Gasteiger partial charge is 0.446 e. The number of nitrogens with zero attached hydrogens (tertiary/aromatic N) is 4. The van der Waals surface area contributed by atoms with Crippen LogP contribution in [0.15, 0.2) is 79.1 Å².